The number of carbonyl (C=O) groups is 1. The predicted molar refractivity (Wildman–Crippen MR) is 131 cm³/mol. The molecule has 7 nitrogen and oxygen atoms in total. The van der Waals surface area contributed by atoms with Crippen molar-refractivity contribution in [3.05, 3.63) is 77.4 Å². The number of ether oxygens (including phenoxy) is 2. The highest BCUT2D eigenvalue weighted by Gasteiger charge is 2.41. The summed E-state index contributed by atoms with van der Waals surface area (Å²) in [6, 6.07) is 15.8. The van der Waals surface area contributed by atoms with Crippen LogP contribution in [0.3, 0.4) is 0 Å². The molecular formula is C25H28N4O3S. The van der Waals surface area contributed by atoms with Crippen LogP contribution in [0.1, 0.15) is 41.1 Å². The lowest BCUT2D eigenvalue weighted by atomic mass is 9.96. The second kappa shape index (κ2) is 9.62. The number of methoxy groups -OCH3 is 2. The molecule has 0 amide bonds. The van der Waals surface area contributed by atoms with Gasteiger partial charge < -0.3 is 24.3 Å². The Labute approximate surface area is 199 Å². The molecule has 1 fully saturated rings. The smallest absolute Gasteiger partial charge is 0.307 e. The molecule has 1 saturated heterocycles. The first-order valence-electron chi connectivity index (χ1n) is 10.8. The Morgan fingerprint density at radius 1 is 1.15 bits per heavy atom. The van der Waals surface area contributed by atoms with Gasteiger partial charge in [-0.05, 0) is 62.0 Å². The summed E-state index contributed by atoms with van der Waals surface area (Å²) < 4.78 is 12.5. The standard InChI is InChI=1S/C25H28N4O3S/c1-16-14-20(17(2)29(16)18-8-7-9-19(15-18)31-3)24-23(21-10-5-6-12-26-21)27-25(33)28(24)13-11-22(30)32-4/h5-10,12,14-15,23-24H,11,13H2,1-4H3,(H,27,33)/t23-,24+/m0/s1. The number of benzene rings is 1. The SMILES string of the molecule is COC(=O)CCN1C(=S)N[C@@H](c2ccccn2)[C@H]1c1cc(C)n(-c2cccc(OC)c2)c1C. The van der Waals surface area contributed by atoms with Gasteiger partial charge in [-0.3, -0.25) is 9.78 Å². The minimum Gasteiger partial charge on any atom is -0.497 e. The van der Waals surface area contributed by atoms with Crippen LogP contribution in [0.25, 0.3) is 5.69 Å². The molecule has 0 unspecified atom stereocenters. The number of pyridine rings is 1. The van der Waals surface area contributed by atoms with Crippen molar-refractivity contribution < 1.29 is 14.3 Å². The van der Waals surface area contributed by atoms with Crippen molar-refractivity contribution in [2.75, 3.05) is 20.8 Å². The van der Waals surface area contributed by atoms with Gasteiger partial charge in [-0.1, -0.05) is 12.1 Å². The van der Waals surface area contributed by atoms with Crippen molar-refractivity contribution in [2.24, 2.45) is 0 Å². The van der Waals surface area contributed by atoms with Gasteiger partial charge in [0.15, 0.2) is 5.11 Å². The van der Waals surface area contributed by atoms with Gasteiger partial charge in [0.1, 0.15) is 5.75 Å². The summed E-state index contributed by atoms with van der Waals surface area (Å²) in [6.07, 6.45) is 2.03. The van der Waals surface area contributed by atoms with Gasteiger partial charge >= 0.3 is 5.97 Å². The predicted octanol–water partition coefficient (Wildman–Crippen LogP) is 4.03. The fourth-order valence-electron chi connectivity index (χ4n) is 4.53. The molecule has 8 heteroatoms. The van der Waals surface area contributed by atoms with Gasteiger partial charge in [0.05, 0.1) is 38.4 Å². The van der Waals surface area contributed by atoms with E-state index in [-0.39, 0.29) is 24.5 Å². The van der Waals surface area contributed by atoms with Crippen LogP contribution in [0.5, 0.6) is 5.75 Å². The number of carbonyl (C=O) groups excluding carboxylic acids is 1. The Bertz CT molecular complexity index is 1160. The molecule has 0 aliphatic carbocycles. The summed E-state index contributed by atoms with van der Waals surface area (Å²) in [6.45, 7) is 4.65. The van der Waals surface area contributed by atoms with Crippen LogP contribution in [0.2, 0.25) is 0 Å². The van der Waals surface area contributed by atoms with Gasteiger partial charge in [0.2, 0.25) is 0 Å². The van der Waals surface area contributed by atoms with Crippen LogP contribution in [-0.2, 0) is 9.53 Å². The first kappa shape index (κ1) is 22.8. The number of nitrogens with zero attached hydrogens (tertiary/aromatic N) is 3. The van der Waals surface area contributed by atoms with Crippen LogP contribution >= 0.6 is 12.2 Å². The monoisotopic (exact) mass is 464 g/mol. The maximum atomic E-state index is 11.9. The van der Waals surface area contributed by atoms with Gasteiger partial charge in [0.25, 0.3) is 0 Å². The molecule has 3 heterocycles. The van der Waals surface area contributed by atoms with E-state index in [2.05, 4.69) is 45.7 Å². The molecule has 0 spiro atoms. The van der Waals surface area contributed by atoms with Gasteiger partial charge in [-0.25, -0.2) is 0 Å². The molecule has 172 valence electrons. The topological polar surface area (TPSA) is 68.6 Å². The van der Waals surface area contributed by atoms with E-state index in [4.69, 9.17) is 21.7 Å². The second-order valence-corrected chi connectivity index (χ2v) is 8.40. The van der Waals surface area contributed by atoms with Crippen molar-refractivity contribution in [3.8, 4) is 11.4 Å². The van der Waals surface area contributed by atoms with Crippen LogP contribution in [-0.4, -0.2) is 46.3 Å². The van der Waals surface area contributed by atoms with Gasteiger partial charge in [-0.2, -0.15) is 0 Å². The highest BCUT2D eigenvalue weighted by Crippen LogP contribution is 2.41. The first-order valence-corrected chi connectivity index (χ1v) is 11.2. The average molecular weight is 465 g/mol. The van der Waals surface area contributed by atoms with Gasteiger partial charge in [-0.15, -0.1) is 0 Å². The molecule has 0 radical (unpaired) electrons. The van der Waals surface area contributed by atoms with E-state index >= 15 is 0 Å². The van der Waals surface area contributed by atoms with Crippen LogP contribution in [0.4, 0.5) is 0 Å². The molecule has 0 bridgehead atoms. The fourth-order valence-corrected chi connectivity index (χ4v) is 4.86. The summed E-state index contributed by atoms with van der Waals surface area (Å²) in [5, 5.41) is 4.04. The molecule has 4 rings (SSSR count). The zero-order valence-electron chi connectivity index (χ0n) is 19.2. The normalized spacial score (nSPS) is 17.7. The number of thiocarbonyl (C=S) groups is 1. The third-order valence-electron chi connectivity index (χ3n) is 6.08. The molecule has 0 saturated carbocycles. The lowest BCUT2D eigenvalue weighted by Crippen LogP contribution is -2.32. The Balaban J connectivity index is 1.79. The number of aromatic nitrogens is 2. The largest absolute Gasteiger partial charge is 0.497 e. The summed E-state index contributed by atoms with van der Waals surface area (Å²) >= 11 is 5.70. The van der Waals surface area contributed by atoms with E-state index in [0.717, 1.165) is 34.1 Å². The number of aryl methyl sites for hydroxylation is 1. The van der Waals surface area contributed by atoms with Crippen molar-refractivity contribution >= 4 is 23.3 Å². The Hall–Kier alpha value is -3.39. The lowest BCUT2D eigenvalue weighted by molar-refractivity contribution is -0.140. The minimum atomic E-state index is -0.264. The number of esters is 1. The molecule has 1 N–H and O–H groups in total. The average Bonchev–Trinajstić information content (AvgIpc) is 3.32. The molecule has 3 aromatic rings. The molecule has 2 aromatic heterocycles. The lowest BCUT2D eigenvalue weighted by Gasteiger charge is -2.28. The maximum Gasteiger partial charge on any atom is 0.307 e. The number of nitrogens with one attached hydrogen (secondary N) is 1. The van der Waals surface area contributed by atoms with E-state index in [1.54, 1.807) is 13.3 Å². The zero-order valence-corrected chi connectivity index (χ0v) is 20.1. The van der Waals surface area contributed by atoms with Crippen LogP contribution < -0.4 is 10.1 Å². The van der Waals surface area contributed by atoms with Gasteiger partial charge in [0, 0.05) is 35.9 Å². The minimum absolute atomic E-state index is 0.123. The fraction of sp³-hybridized carbons (Fsp3) is 0.320. The first-order chi connectivity index (χ1) is 15.9. The Kier molecular flexibility index (Phi) is 6.65. The van der Waals surface area contributed by atoms with E-state index in [0.29, 0.717) is 11.7 Å². The van der Waals surface area contributed by atoms with Crippen molar-refractivity contribution in [1.29, 1.82) is 0 Å². The molecule has 33 heavy (non-hydrogen) atoms. The quantitative estimate of drug-likeness (QED) is 0.418. The highest BCUT2D eigenvalue weighted by molar-refractivity contribution is 7.80. The Morgan fingerprint density at radius 3 is 2.67 bits per heavy atom. The molecule has 1 aromatic carbocycles. The van der Waals surface area contributed by atoms with Crippen molar-refractivity contribution in [2.45, 2.75) is 32.4 Å². The maximum absolute atomic E-state index is 11.9. The molecule has 1 aliphatic heterocycles. The van der Waals surface area contributed by atoms with Crippen molar-refractivity contribution in [3.63, 3.8) is 0 Å². The van der Waals surface area contributed by atoms with E-state index in [9.17, 15) is 4.79 Å². The summed E-state index contributed by atoms with van der Waals surface area (Å²) in [4.78, 5) is 18.6. The van der Waals surface area contributed by atoms with E-state index < -0.39 is 0 Å². The highest BCUT2D eigenvalue weighted by atomic mass is 32.1. The zero-order chi connectivity index (χ0) is 23.5. The summed E-state index contributed by atoms with van der Waals surface area (Å²) in [7, 11) is 3.07. The summed E-state index contributed by atoms with van der Waals surface area (Å²) in [5.74, 6) is 0.538. The second-order valence-electron chi connectivity index (χ2n) is 8.01. The van der Waals surface area contributed by atoms with Crippen LogP contribution in [0.15, 0.2) is 54.7 Å². The number of hydrogen-bond donors (Lipinski definition) is 1. The Morgan fingerprint density at radius 2 is 1.97 bits per heavy atom. The molecule has 1 aliphatic rings. The van der Waals surface area contributed by atoms with E-state index in [1.807, 2.05) is 36.4 Å². The number of hydrogen-bond acceptors (Lipinski definition) is 5. The van der Waals surface area contributed by atoms with Crippen molar-refractivity contribution in [1.82, 2.24) is 19.8 Å². The third kappa shape index (κ3) is 4.43. The molecular weight excluding hydrogens is 436 g/mol. The van der Waals surface area contributed by atoms with Crippen LogP contribution in [0, 0.1) is 13.8 Å². The summed E-state index contributed by atoms with van der Waals surface area (Å²) in [5.41, 5.74) is 5.25. The third-order valence-corrected chi connectivity index (χ3v) is 6.44. The van der Waals surface area contributed by atoms with E-state index in [1.165, 1.54) is 7.11 Å². The molecule has 2 atom stereocenters. The number of rotatable bonds is 7.